The lowest BCUT2D eigenvalue weighted by atomic mass is 10.2. The number of carbonyl (C=O) groups is 1. The molecule has 0 saturated heterocycles. The van der Waals surface area contributed by atoms with Crippen LogP contribution < -0.4 is 4.74 Å². The van der Waals surface area contributed by atoms with Crippen LogP contribution in [0.5, 0.6) is 5.75 Å². The summed E-state index contributed by atoms with van der Waals surface area (Å²) in [5.41, 5.74) is 1.55. The molecule has 0 amide bonds. The zero-order valence-corrected chi connectivity index (χ0v) is 11.8. The first-order valence-electron chi connectivity index (χ1n) is 6.33. The Bertz CT molecular complexity index is 555. The average Bonchev–Trinajstić information content (AvgIpc) is 2.48. The van der Waals surface area contributed by atoms with Crippen LogP contribution in [0.15, 0.2) is 54.6 Å². The lowest BCUT2D eigenvalue weighted by Crippen LogP contribution is -2.02. The third-order valence-corrected chi connectivity index (χ3v) is 3.68. The van der Waals surface area contributed by atoms with Crippen LogP contribution in [0.2, 0.25) is 0 Å². The predicted octanol–water partition coefficient (Wildman–Crippen LogP) is 3.70. The van der Waals surface area contributed by atoms with Crippen molar-refractivity contribution >= 4 is 17.7 Å². The first-order chi connectivity index (χ1) is 9.75. The molecule has 20 heavy (non-hydrogen) atoms. The summed E-state index contributed by atoms with van der Waals surface area (Å²) in [6, 6.07) is 16.8. The summed E-state index contributed by atoms with van der Waals surface area (Å²) in [7, 11) is 0. The van der Waals surface area contributed by atoms with Crippen molar-refractivity contribution < 1.29 is 14.6 Å². The van der Waals surface area contributed by atoms with Crippen LogP contribution in [0, 0.1) is 0 Å². The molecule has 0 unspecified atom stereocenters. The van der Waals surface area contributed by atoms with E-state index in [1.165, 1.54) is 5.56 Å². The predicted molar refractivity (Wildman–Crippen MR) is 81.5 cm³/mol. The molecule has 0 atom stereocenters. The fourth-order valence-electron chi connectivity index (χ4n) is 1.70. The monoisotopic (exact) mass is 288 g/mol. The maximum absolute atomic E-state index is 10.8. The Kier molecular flexibility index (Phi) is 5.50. The van der Waals surface area contributed by atoms with Crippen LogP contribution in [0.4, 0.5) is 0 Å². The van der Waals surface area contributed by atoms with Gasteiger partial charge in [-0.25, -0.2) is 4.79 Å². The topological polar surface area (TPSA) is 46.5 Å². The maximum Gasteiger partial charge on any atom is 0.335 e. The van der Waals surface area contributed by atoms with E-state index in [2.05, 4.69) is 12.1 Å². The molecular formula is C16H16O3S. The normalized spacial score (nSPS) is 10.2. The number of carboxylic acids is 1. The smallest absolute Gasteiger partial charge is 0.335 e. The minimum Gasteiger partial charge on any atom is -0.493 e. The second-order valence-corrected chi connectivity index (χ2v) is 5.32. The molecule has 0 heterocycles. The summed E-state index contributed by atoms with van der Waals surface area (Å²) in [5, 5.41) is 8.89. The van der Waals surface area contributed by atoms with Gasteiger partial charge < -0.3 is 9.84 Å². The van der Waals surface area contributed by atoms with Gasteiger partial charge >= 0.3 is 5.97 Å². The third kappa shape index (κ3) is 4.63. The van der Waals surface area contributed by atoms with Gasteiger partial charge in [-0.1, -0.05) is 36.4 Å². The molecule has 0 radical (unpaired) electrons. The van der Waals surface area contributed by atoms with E-state index in [-0.39, 0.29) is 5.56 Å². The van der Waals surface area contributed by atoms with Crippen LogP contribution in [0.3, 0.4) is 0 Å². The van der Waals surface area contributed by atoms with Crippen LogP contribution in [-0.4, -0.2) is 23.4 Å². The Hall–Kier alpha value is -1.94. The number of benzene rings is 2. The molecule has 4 heteroatoms. The first kappa shape index (κ1) is 14.5. The van der Waals surface area contributed by atoms with Crippen molar-refractivity contribution in [2.24, 2.45) is 0 Å². The van der Waals surface area contributed by atoms with Crippen LogP contribution in [0.1, 0.15) is 15.9 Å². The van der Waals surface area contributed by atoms with Crippen molar-refractivity contribution in [3.8, 4) is 5.75 Å². The van der Waals surface area contributed by atoms with E-state index in [4.69, 9.17) is 9.84 Å². The molecule has 0 saturated carbocycles. The fraction of sp³-hybridized carbons (Fsp3) is 0.188. The first-order valence-corrected chi connectivity index (χ1v) is 7.49. The zero-order chi connectivity index (χ0) is 14.2. The highest BCUT2D eigenvalue weighted by Crippen LogP contribution is 2.15. The Morgan fingerprint density at radius 3 is 2.65 bits per heavy atom. The Labute approximate surface area is 122 Å². The number of ether oxygens (including phenoxy) is 1. The summed E-state index contributed by atoms with van der Waals surface area (Å²) in [6.07, 6.45) is 0. The molecule has 0 aliphatic heterocycles. The summed E-state index contributed by atoms with van der Waals surface area (Å²) in [6.45, 7) is 0.570. The Morgan fingerprint density at radius 1 is 1.10 bits per heavy atom. The molecule has 2 aromatic carbocycles. The van der Waals surface area contributed by atoms with Gasteiger partial charge in [0.05, 0.1) is 12.2 Å². The van der Waals surface area contributed by atoms with Crippen molar-refractivity contribution in [3.63, 3.8) is 0 Å². The molecule has 104 valence electrons. The molecule has 0 aliphatic rings. The van der Waals surface area contributed by atoms with E-state index in [1.807, 2.05) is 18.2 Å². The second kappa shape index (κ2) is 7.60. The fourth-order valence-corrected chi connectivity index (χ4v) is 2.48. The van der Waals surface area contributed by atoms with Gasteiger partial charge in [0, 0.05) is 11.5 Å². The van der Waals surface area contributed by atoms with E-state index in [0.29, 0.717) is 12.4 Å². The molecule has 1 N–H and O–H groups in total. The van der Waals surface area contributed by atoms with Gasteiger partial charge in [0.15, 0.2) is 0 Å². The van der Waals surface area contributed by atoms with Crippen LogP contribution >= 0.6 is 11.8 Å². The molecular weight excluding hydrogens is 272 g/mol. The number of thioether (sulfide) groups is 1. The van der Waals surface area contributed by atoms with E-state index >= 15 is 0 Å². The van der Waals surface area contributed by atoms with Gasteiger partial charge in [-0.05, 0) is 23.8 Å². The SMILES string of the molecule is O=C(O)c1cccc(OCCSCc2ccccc2)c1. The van der Waals surface area contributed by atoms with Crippen LogP contribution in [0.25, 0.3) is 0 Å². The molecule has 0 aliphatic carbocycles. The lowest BCUT2D eigenvalue weighted by Gasteiger charge is -2.06. The summed E-state index contributed by atoms with van der Waals surface area (Å²) < 4.78 is 5.55. The Morgan fingerprint density at radius 2 is 1.90 bits per heavy atom. The molecule has 0 spiro atoms. The van der Waals surface area contributed by atoms with Crippen molar-refractivity contribution in [3.05, 3.63) is 65.7 Å². The molecule has 2 aromatic rings. The number of carboxylic acid groups (broad SMARTS) is 1. The third-order valence-electron chi connectivity index (χ3n) is 2.69. The quantitative estimate of drug-likeness (QED) is 0.789. The van der Waals surface area contributed by atoms with Gasteiger partial charge in [0.25, 0.3) is 0 Å². The van der Waals surface area contributed by atoms with Crippen molar-refractivity contribution in [1.29, 1.82) is 0 Å². The molecule has 3 nitrogen and oxygen atoms in total. The van der Waals surface area contributed by atoms with E-state index in [1.54, 1.807) is 36.0 Å². The number of hydrogen-bond donors (Lipinski definition) is 1. The Balaban J connectivity index is 1.71. The second-order valence-electron chi connectivity index (χ2n) is 4.22. The standard InChI is InChI=1S/C16H16O3S/c17-16(18)14-7-4-8-15(11-14)19-9-10-20-12-13-5-2-1-3-6-13/h1-8,11H,9-10,12H2,(H,17,18). The number of aromatic carboxylic acids is 1. The number of hydrogen-bond acceptors (Lipinski definition) is 3. The van der Waals surface area contributed by atoms with Gasteiger partial charge in [0.2, 0.25) is 0 Å². The molecule has 0 aromatic heterocycles. The van der Waals surface area contributed by atoms with Gasteiger partial charge in [-0.15, -0.1) is 0 Å². The minimum absolute atomic E-state index is 0.249. The highest BCUT2D eigenvalue weighted by molar-refractivity contribution is 7.98. The van der Waals surface area contributed by atoms with Crippen molar-refractivity contribution in [2.45, 2.75) is 5.75 Å². The van der Waals surface area contributed by atoms with Crippen molar-refractivity contribution in [1.82, 2.24) is 0 Å². The highest BCUT2D eigenvalue weighted by Gasteiger charge is 2.03. The maximum atomic E-state index is 10.8. The largest absolute Gasteiger partial charge is 0.493 e. The highest BCUT2D eigenvalue weighted by atomic mass is 32.2. The lowest BCUT2D eigenvalue weighted by molar-refractivity contribution is 0.0696. The summed E-state index contributed by atoms with van der Waals surface area (Å²) in [4.78, 5) is 10.8. The van der Waals surface area contributed by atoms with E-state index < -0.39 is 5.97 Å². The molecule has 0 fully saturated rings. The number of rotatable bonds is 7. The zero-order valence-electron chi connectivity index (χ0n) is 11.0. The minimum atomic E-state index is -0.936. The van der Waals surface area contributed by atoms with Gasteiger partial charge in [0.1, 0.15) is 5.75 Å². The summed E-state index contributed by atoms with van der Waals surface area (Å²) in [5.74, 6) is 1.49. The van der Waals surface area contributed by atoms with Gasteiger partial charge in [-0.2, -0.15) is 11.8 Å². The van der Waals surface area contributed by atoms with Crippen molar-refractivity contribution in [2.75, 3.05) is 12.4 Å². The van der Waals surface area contributed by atoms with Crippen LogP contribution in [-0.2, 0) is 5.75 Å². The molecule has 2 rings (SSSR count). The van der Waals surface area contributed by atoms with E-state index in [0.717, 1.165) is 11.5 Å². The average molecular weight is 288 g/mol. The summed E-state index contributed by atoms with van der Waals surface area (Å²) >= 11 is 1.79. The van der Waals surface area contributed by atoms with Gasteiger partial charge in [-0.3, -0.25) is 0 Å². The molecule has 0 bridgehead atoms. The van der Waals surface area contributed by atoms with E-state index in [9.17, 15) is 4.79 Å².